The average molecular weight is 201 g/mol. The van der Waals surface area contributed by atoms with E-state index in [2.05, 4.69) is 50.0 Å². The first kappa shape index (κ1) is 10.3. The zero-order valence-electron chi connectivity index (χ0n) is 9.80. The maximum atomic E-state index is 3.47. The summed E-state index contributed by atoms with van der Waals surface area (Å²) in [6.45, 7) is 6.76. The lowest BCUT2D eigenvalue weighted by Crippen LogP contribution is -1.93. The fourth-order valence-corrected chi connectivity index (χ4v) is 2.51. The van der Waals surface area contributed by atoms with Gasteiger partial charge in [0, 0.05) is 16.6 Å². The number of benzene rings is 1. The molecule has 80 valence electrons. The van der Waals surface area contributed by atoms with E-state index in [1.807, 2.05) is 0 Å². The van der Waals surface area contributed by atoms with Crippen molar-refractivity contribution in [1.29, 1.82) is 0 Å². The van der Waals surface area contributed by atoms with Crippen molar-refractivity contribution in [3.05, 3.63) is 35.5 Å². The number of hydrogen-bond donors (Lipinski definition) is 1. The van der Waals surface area contributed by atoms with Gasteiger partial charge >= 0.3 is 0 Å². The number of aromatic amines is 1. The minimum Gasteiger partial charge on any atom is -0.358 e. The predicted octanol–water partition coefficient (Wildman–Crippen LogP) is 4.38. The van der Waals surface area contributed by atoms with Gasteiger partial charge in [0.1, 0.15) is 0 Å². The number of H-pyrrole nitrogens is 1. The molecular formula is C14H19N. The molecule has 1 aromatic carbocycles. The van der Waals surface area contributed by atoms with Gasteiger partial charge in [0.2, 0.25) is 0 Å². The summed E-state index contributed by atoms with van der Waals surface area (Å²) in [6.07, 6.45) is 2.52. The molecule has 0 saturated heterocycles. The van der Waals surface area contributed by atoms with Crippen molar-refractivity contribution >= 4 is 10.9 Å². The molecule has 2 rings (SSSR count). The van der Waals surface area contributed by atoms with Gasteiger partial charge < -0.3 is 4.98 Å². The van der Waals surface area contributed by atoms with E-state index in [-0.39, 0.29) is 0 Å². The summed E-state index contributed by atoms with van der Waals surface area (Å²) >= 11 is 0. The van der Waals surface area contributed by atoms with Crippen LogP contribution in [0.4, 0.5) is 0 Å². The summed E-state index contributed by atoms with van der Waals surface area (Å²) in [5.41, 5.74) is 4.11. The molecule has 1 heterocycles. The van der Waals surface area contributed by atoms with Crippen molar-refractivity contribution in [2.24, 2.45) is 0 Å². The zero-order chi connectivity index (χ0) is 10.8. The molecule has 0 spiro atoms. The summed E-state index contributed by atoms with van der Waals surface area (Å²) in [7, 11) is 0. The predicted molar refractivity (Wildman–Crippen MR) is 66.4 cm³/mol. The third kappa shape index (κ3) is 1.79. The zero-order valence-corrected chi connectivity index (χ0v) is 9.80. The van der Waals surface area contributed by atoms with Crippen LogP contribution in [0.25, 0.3) is 10.9 Å². The van der Waals surface area contributed by atoms with Crippen molar-refractivity contribution in [2.45, 2.75) is 39.5 Å². The number of aryl methyl sites for hydroxylation is 1. The fraction of sp³-hybridized carbons (Fsp3) is 0.429. The van der Waals surface area contributed by atoms with Crippen LogP contribution in [0.1, 0.15) is 43.9 Å². The Morgan fingerprint density at radius 2 is 2.00 bits per heavy atom. The maximum Gasteiger partial charge on any atom is 0.0458 e. The van der Waals surface area contributed by atoms with Crippen LogP contribution >= 0.6 is 0 Å². The van der Waals surface area contributed by atoms with E-state index < -0.39 is 0 Å². The van der Waals surface area contributed by atoms with Crippen molar-refractivity contribution in [1.82, 2.24) is 4.98 Å². The number of fused-ring (bicyclic) bond motifs is 1. The lowest BCUT2D eigenvalue weighted by molar-refractivity contribution is 0.665. The summed E-state index contributed by atoms with van der Waals surface area (Å²) in [4.78, 5) is 3.47. The molecule has 1 unspecified atom stereocenters. The van der Waals surface area contributed by atoms with Crippen LogP contribution in [0.15, 0.2) is 24.3 Å². The first-order valence-electron chi connectivity index (χ1n) is 5.81. The second-order valence-electron chi connectivity index (χ2n) is 4.40. The molecule has 1 N–H and O–H groups in total. The molecule has 0 radical (unpaired) electrons. The lowest BCUT2D eigenvalue weighted by atomic mass is 9.94. The molecule has 0 amide bonds. The number of hydrogen-bond acceptors (Lipinski definition) is 0. The van der Waals surface area contributed by atoms with Gasteiger partial charge in [-0.3, -0.25) is 0 Å². The molecule has 0 fully saturated rings. The Kier molecular flexibility index (Phi) is 2.81. The second kappa shape index (κ2) is 4.09. The van der Waals surface area contributed by atoms with Gasteiger partial charge in [-0.1, -0.05) is 38.5 Å². The minimum atomic E-state index is 0.658. The van der Waals surface area contributed by atoms with Gasteiger partial charge in [-0.15, -0.1) is 0 Å². The van der Waals surface area contributed by atoms with E-state index in [9.17, 15) is 0 Å². The molecule has 1 heteroatoms. The highest BCUT2D eigenvalue weighted by Gasteiger charge is 2.13. The van der Waals surface area contributed by atoms with Crippen LogP contribution in [0.5, 0.6) is 0 Å². The topological polar surface area (TPSA) is 15.8 Å². The summed E-state index contributed by atoms with van der Waals surface area (Å²) < 4.78 is 0. The highest BCUT2D eigenvalue weighted by Crippen LogP contribution is 2.31. The molecule has 0 saturated carbocycles. The Labute approximate surface area is 91.5 Å². The number of para-hydroxylation sites is 1. The highest BCUT2D eigenvalue weighted by molar-refractivity contribution is 5.85. The number of aromatic nitrogens is 1. The van der Waals surface area contributed by atoms with Gasteiger partial charge in [-0.25, -0.2) is 0 Å². The second-order valence-corrected chi connectivity index (χ2v) is 4.40. The monoisotopic (exact) mass is 201 g/mol. The first-order valence-corrected chi connectivity index (χ1v) is 5.81. The molecule has 0 bridgehead atoms. The first-order chi connectivity index (χ1) is 7.24. The third-order valence-electron chi connectivity index (χ3n) is 3.16. The minimum absolute atomic E-state index is 0.658. The quantitative estimate of drug-likeness (QED) is 0.758. The SMILES string of the molecule is CCCC(C)c1c(C)[nH]c2ccccc12. The van der Waals surface area contributed by atoms with Crippen molar-refractivity contribution in [3.8, 4) is 0 Å². The molecule has 0 aliphatic heterocycles. The fourth-order valence-electron chi connectivity index (χ4n) is 2.51. The average Bonchev–Trinajstić information content (AvgIpc) is 2.54. The number of nitrogens with one attached hydrogen (secondary N) is 1. The Morgan fingerprint density at radius 3 is 2.73 bits per heavy atom. The van der Waals surface area contributed by atoms with Crippen LogP contribution in [0.2, 0.25) is 0 Å². The molecule has 1 nitrogen and oxygen atoms in total. The molecule has 2 aromatic rings. The standard InChI is InChI=1S/C14H19N/c1-4-7-10(2)14-11(3)15-13-9-6-5-8-12(13)14/h5-6,8-10,15H,4,7H2,1-3H3. The summed E-state index contributed by atoms with van der Waals surface area (Å²) in [5.74, 6) is 0.658. The van der Waals surface area contributed by atoms with E-state index >= 15 is 0 Å². The van der Waals surface area contributed by atoms with Gasteiger partial charge in [0.15, 0.2) is 0 Å². The maximum absolute atomic E-state index is 3.47. The summed E-state index contributed by atoms with van der Waals surface area (Å²) in [5, 5.41) is 1.40. The van der Waals surface area contributed by atoms with Gasteiger partial charge in [-0.05, 0) is 30.9 Å². The highest BCUT2D eigenvalue weighted by atomic mass is 14.7. The van der Waals surface area contributed by atoms with Crippen molar-refractivity contribution < 1.29 is 0 Å². The normalized spacial score (nSPS) is 13.3. The molecular weight excluding hydrogens is 182 g/mol. The molecule has 0 aliphatic rings. The van der Waals surface area contributed by atoms with Crippen LogP contribution < -0.4 is 0 Å². The Balaban J connectivity index is 2.53. The van der Waals surface area contributed by atoms with Crippen LogP contribution in [-0.4, -0.2) is 4.98 Å². The molecule has 1 atom stereocenters. The van der Waals surface area contributed by atoms with Gasteiger partial charge in [0.05, 0.1) is 0 Å². The van der Waals surface area contributed by atoms with Gasteiger partial charge in [-0.2, -0.15) is 0 Å². The lowest BCUT2D eigenvalue weighted by Gasteiger charge is -2.10. The van der Waals surface area contributed by atoms with E-state index in [1.165, 1.54) is 35.0 Å². The molecule has 0 aliphatic carbocycles. The Morgan fingerprint density at radius 1 is 1.27 bits per heavy atom. The van der Waals surface area contributed by atoms with Crippen LogP contribution in [0, 0.1) is 6.92 Å². The largest absolute Gasteiger partial charge is 0.358 e. The molecule has 1 aromatic heterocycles. The van der Waals surface area contributed by atoms with Crippen molar-refractivity contribution in [2.75, 3.05) is 0 Å². The third-order valence-corrected chi connectivity index (χ3v) is 3.16. The van der Waals surface area contributed by atoms with E-state index in [0.29, 0.717) is 5.92 Å². The smallest absolute Gasteiger partial charge is 0.0458 e. The summed E-state index contributed by atoms with van der Waals surface area (Å²) in [6, 6.07) is 8.59. The van der Waals surface area contributed by atoms with Gasteiger partial charge in [0.25, 0.3) is 0 Å². The van der Waals surface area contributed by atoms with Crippen LogP contribution in [0.3, 0.4) is 0 Å². The molecule has 15 heavy (non-hydrogen) atoms. The van der Waals surface area contributed by atoms with E-state index in [4.69, 9.17) is 0 Å². The van der Waals surface area contributed by atoms with Crippen molar-refractivity contribution in [3.63, 3.8) is 0 Å². The van der Waals surface area contributed by atoms with E-state index in [0.717, 1.165) is 0 Å². The van der Waals surface area contributed by atoms with E-state index in [1.54, 1.807) is 0 Å². The Hall–Kier alpha value is -1.24. The van der Waals surface area contributed by atoms with Crippen LogP contribution in [-0.2, 0) is 0 Å². The number of rotatable bonds is 3. The Bertz CT molecular complexity index is 453.